The van der Waals surface area contributed by atoms with Crippen molar-refractivity contribution >= 4 is 24.3 Å². The average Bonchev–Trinajstić information content (AvgIpc) is 2.39. The Hall–Kier alpha value is -1.59. The van der Waals surface area contributed by atoms with Gasteiger partial charge in [0.2, 0.25) is 0 Å². The lowest BCUT2D eigenvalue weighted by Crippen LogP contribution is -2.25. The number of carbonyl (C=O) groups excluding carboxylic acids is 1. The highest BCUT2D eigenvalue weighted by atomic mass is 35.5. The zero-order chi connectivity index (χ0) is 15.1. The Balaban J connectivity index is 0.00000400. The highest BCUT2D eigenvalue weighted by Crippen LogP contribution is 2.21. The van der Waals surface area contributed by atoms with Crippen LogP contribution in [0.3, 0.4) is 0 Å². The maximum Gasteiger partial charge on any atom is 0.339 e. The molecule has 21 heavy (non-hydrogen) atoms. The molecular formula is C15H22ClNO4. The number of ether oxygens (including phenoxy) is 1. The van der Waals surface area contributed by atoms with Gasteiger partial charge in [-0.3, -0.25) is 4.79 Å². The molecule has 1 aromatic rings. The molecule has 118 valence electrons. The van der Waals surface area contributed by atoms with Crippen LogP contribution in [0.2, 0.25) is 0 Å². The molecule has 0 saturated carbocycles. The first-order chi connectivity index (χ1) is 9.47. The van der Waals surface area contributed by atoms with Crippen LogP contribution in [0.4, 0.5) is 0 Å². The fraction of sp³-hybridized carbons (Fsp3) is 0.467. The molecule has 0 aliphatic rings. The first kappa shape index (κ1) is 19.4. The van der Waals surface area contributed by atoms with E-state index < -0.39 is 11.9 Å². The van der Waals surface area contributed by atoms with Crippen LogP contribution in [0.25, 0.3) is 0 Å². The molecule has 1 aromatic carbocycles. The van der Waals surface area contributed by atoms with Crippen LogP contribution >= 0.6 is 12.4 Å². The number of hydrogen-bond acceptors (Lipinski definition) is 4. The number of hydrogen-bond donors (Lipinski definition) is 1. The molecule has 1 N–H and O–H groups in total. The Morgan fingerprint density at radius 3 is 2.33 bits per heavy atom. The normalized spacial score (nSPS) is 10.1. The smallest absolute Gasteiger partial charge is 0.339 e. The second kappa shape index (κ2) is 9.37. The molecule has 0 heterocycles. The molecule has 0 fully saturated rings. The maximum atomic E-state index is 11.1. The molecule has 0 aliphatic carbocycles. The lowest BCUT2D eigenvalue weighted by atomic mass is 10.1. The molecule has 0 saturated heterocycles. The third-order valence-electron chi connectivity index (χ3n) is 3.14. The fourth-order valence-electron chi connectivity index (χ4n) is 1.97. The van der Waals surface area contributed by atoms with Crippen molar-refractivity contribution in [1.29, 1.82) is 0 Å². The van der Waals surface area contributed by atoms with Crippen molar-refractivity contribution in [3.8, 4) is 5.75 Å². The Morgan fingerprint density at radius 2 is 1.86 bits per heavy atom. The molecule has 0 aliphatic heterocycles. The van der Waals surface area contributed by atoms with Gasteiger partial charge in [-0.1, -0.05) is 19.9 Å². The lowest BCUT2D eigenvalue weighted by Gasteiger charge is -2.18. The summed E-state index contributed by atoms with van der Waals surface area (Å²) >= 11 is 0. The number of esters is 1. The lowest BCUT2D eigenvalue weighted by molar-refractivity contribution is -0.131. The molecule has 0 unspecified atom stereocenters. The average molecular weight is 316 g/mol. The van der Waals surface area contributed by atoms with Crippen LogP contribution in [0, 0.1) is 0 Å². The summed E-state index contributed by atoms with van der Waals surface area (Å²) in [5.41, 5.74) is 0.963. The predicted molar refractivity (Wildman–Crippen MR) is 83.5 cm³/mol. The molecule has 0 amide bonds. The van der Waals surface area contributed by atoms with Crippen molar-refractivity contribution in [2.75, 3.05) is 19.6 Å². The number of carboxylic acids is 1. The van der Waals surface area contributed by atoms with Gasteiger partial charge in [0, 0.05) is 13.5 Å². The summed E-state index contributed by atoms with van der Waals surface area (Å²) in [6.45, 7) is 8.29. The number of aromatic carboxylic acids is 1. The fourth-order valence-corrected chi connectivity index (χ4v) is 1.97. The molecule has 0 spiro atoms. The number of rotatable bonds is 7. The highest BCUT2D eigenvalue weighted by Gasteiger charge is 2.14. The van der Waals surface area contributed by atoms with Crippen LogP contribution in [0.5, 0.6) is 5.75 Å². The summed E-state index contributed by atoms with van der Waals surface area (Å²) in [4.78, 5) is 24.4. The van der Waals surface area contributed by atoms with Crippen LogP contribution < -0.4 is 4.74 Å². The van der Waals surface area contributed by atoms with E-state index in [4.69, 9.17) is 9.84 Å². The van der Waals surface area contributed by atoms with E-state index in [0.29, 0.717) is 0 Å². The standard InChI is InChI=1S/C15H21NO4.ClH/c1-4-16(5-2)9-8-12-6-7-13(15(18)19)14(10-12)20-11(3)17;/h6-7,10H,4-5,8-9H2,1-3H3,(H,18,19);1H. The Morgan fingerprint density at radius 1 is 1.24 bits per heavy atom. The number of benzene rings is 1. The Kier molecular flexibility index (Phi) is 8.66. The van der Waals surface area contributed by atoms with E-state index >= 15 is 0 Å². The molecular weight excluding hydrogens is 294 g/mol. The van der Waals surface area contributed by atoms with Gasteiger partial charge in [0.1, 0.15) is 11.3 Å². The van der Waals surface area contributed by atoms with E-state index in [1.165, 1.54) is 13.0 Å². The summed E-state index contributed by atoms with van der Waals surface area (Å²) in [6, 6.07) is 4.88. The third kappa shape index (κ3) is 6.14. The first-order valence-electron chi connectivity index (χ1n) is 6.74. The summed E-state index contributed by atoms with van der Waals surface area (Å²) < 4.78 is 4.97. The number of carboxylic acid groups (broad SMARTS) is 1. The van der Waals surface area contributed by atoms with Gasteiger partial charge >= 0.3 is 11.9 Å². The summed E-state index contributed by atoms with van der Waals surface area (Å²) in [7, 11) is 0. The van der Waals surface area contributed by atoms with E-state index in [1.54, 1.807) is 12.1 Å². The second-order valence-electron chi connectivity index (χ2n) is 4.51. The molecule has 0 aromatic heterocycles. The van der Waals surface area contributed by atoms with Gasteiger partial charge in [-0.25, -0.2) is 4.79 Å². The number of halogens is 1. The van der Waals surface area contributed by atoms with Gasteiger partial charge in [0.25, 0.3) is 0 Å². The third-order valence-corrected chi connectivity index (χ3v) is 3.14. The minimum absolute atomic E-state index is 0. The largest absolute Gasteiger partial charge is 0.478 e. The van der Waals surface area contributed by atoms with E-state index in [1.807, 2.05) is 0 Å². The minimum Gasteiger partial charge on any atom is -0.478 e. The maximum absolute atomic E-state index is 11.1. The molecule has 0 atom stereocenters. The minimum atomic E-state index is -1.10. The highest BCUT2D eigenvalue weighted by molar-refractivity contribution is 5.92. The van der Waals surface area contributed by atoms with Gasteiger partial charge in [-0.05, 0) is 37.2 Å². The molecule has 1 rings (SSSR count). The number of carbonyl (C=O) groups is 2. The second-order valence-corrected chi connectivity index (χ2v) is 4.51. The van der Waals surface area contributed by atoms with Crippen LogP contribution in [0.15, 0.2) is 18.2 Å². The van der Waals surface area contributed by atoms with E-state index in [2.05, 4.69) is 18.7 Å². The van der Waals surface area contributed by atoms with Gasteiger partial charge in [0.05, 0.1) is 0 Å². The van der Waals surface area contributed by atoms with Gasteiger partial charge < -0.3 is 14.7 Å². The van der Waals surface area contributed by atoms with Crippen LogP contribution in [-0.2, 0) is 11.2 Å². The summed E-state index contributed by atoms with van der Waals surface area (Å²) in [6.07, 6.45) is 0.788. The molecule has 0 radical (unpaired) electrons. The van der Waals surface area contributed by atoms with E-state index in [-0.39, 0.29) is 23.7 Å². The van der Waals surface area contributed by atoms with Crippen molar-refractivity contribution in [2.24, 2.45) is 0 Å². The van der Waals surface area contributed by atoms with Crippen molar-refractivity contribution in [2.45, 2.75) is 27.2 Å². The topological polar surface area (TPSA) is 66.8 Å². The van der Waals surface area contributed by atoms with Crippen LogP contribution in [-0.4, -0.2) is 41.6 Å². The van der Waals surface area contributed by atoms with E-state index in [9.17, 15) is 9.59 Å². The van der Waals surface area contributed by atoms with Crippen LogP contribution in [0.1, 0.15) is 36.7 Å². The van der Waals surface area contributed by atoms with Gasteiger partial charge in [-0.2, -0.15) is 0 Å². The Bertz CT molecular complexity index is 487. The van der Waals surface area contributed by atoms with Crippen molar-refractivity contribution < 1.29 is 19.4 Å². The predicted octanol–water partition coefficient (Wildman–Crippen LogP) is 2.62. The van der Waals surface area contributed by atoms with Crippen molar-refractivity contribution in [3.63, 3.8) is 0 Å². The monoisotopic (exact) mass is 315 g/mol. The Labute approximate surface area is 131 Å². The summed E-state index contributed by atoms with van der Waals surface area (Å²) in [5, 5.41) is 9.06. The molecule has 6 heteroatoms. The summed E-state index contributed by atoms with van der Waals surface area (Å²) in [5.74, 6) is -1.51. The number of likely N-dealkylation sites (N-methyl/N-ethyl adjacent to an activating group) is 1. The molecule has 0 bridgehead atoms. The van der Waals surface area contributed by atoms with Gasteiger partial charge in [0.15, 0.2) is 0 Å². The van der Waals surface area contributed by atoms with Crippen molar-refractivity contribution in [3.05, 3.63) is 29.3 Å². The van der Waals surface area contributed by atoms with Gasteiger partial charge in [-0.15, -0.1) is 12.4 Å². The zero-order valence-electron chi connectivity index (χ0n) is 12.6. The quantitative estimate of drug-likeness (QED) is 0.619. The SMILES string of the molecule is CCN(CC)CCc1ccc(C(=O)O)c(OC(C)=O)c1.Cl. The first-order valence-corrected chi connectivity index (χ1v) is 6.74. The van der Waals surface area contributed by atoms with Crippen molar-refractivity contribution in [1.82, 2.24) is 4.90 Å². The molecule has 5 nitrogen and oxygen atoms in total. The zero-order valence-corrected chi connectivity index (χ0v) is 13.4. The van der Waals surface area contributed by atoms with E-state index in [0.717, 1.165) is 31.6 Å². The number of nitrogens with zero attached hydrogens (tertiary/aromatic N) is 1.